The van der Waals surface area contributed by atoms with Gasteiger partial charge in [-0.15, -0.1) is 0 Å². The minimum atomic E-state index is -3.83. The molecule has 0 unspecified atom stereocenters. The first-order valence-electron chi connectivity index (χ1n) is 5.15. The normalized spacial score (nSPS) is 13.7. The van der Waals surface area contributed by atoms with Gasteiger partial charge in [0.15, 0.2) is 0 Å². The molecule has 7 heteroatoms. The van der Waals surface area contributed by atoms with Crippen LogP contribution in [0.1, 0.15) is 20.3 Å². The van der Waals surface area contributed by atoms with Gasteiger partial charge in [-0.25, -0.2) is 4.57 Å². The highest BCUT2D eigenvalue weighted by Crippen LogP contribution is 2.50. The number of hydrogen-bond donors (Lipinski definition) is 2. The zero-order valence-corrected chi connectivity index (χ0v) is 10.7. The van der Waals surface area contributed by atoms with Gasteiger partial charge >= 0.3 is 6.80 Å². The van der Waals surface area contributed by atoms with Gasteiger partial charge in [-0.3, -0.25) is 0 Å². The van der Waals surface area contributed by atoms with Crippen molar-refractivity contribution >= 4 is 32.7 Å². The quantitative estimate of drug-likeness (QED) is 0.382. The van der Waals surface area contributed by atoms with Gasteiger partial charge in [-0.1, -0.05) is 38.6 Å². The van der Waals surface area contributed by atoms with E-state index in [1.807, 2.05) is 0 Å². The van der Waals surface area contributed by atoms with E-state index in [1.54, 1.807) is 0 Å². The van der Waals surface area contributed by atoms with Crippen LogP contribution in [-0.2, 0) is 4.57 Å². The van der Waals surface area contributed by atoms with E-state index in [1.165, 1.54) is 20.0 Å². The molecule has 2 N–H and O–H groups in total. The van der Waals surface area contributed by atoms with Crippen molar-refractivity contribution in [3.63, 3.8) is 0 Å². The molecule has 0 saturated carbocycles. The maximum Gasteiger partial charge on any atom is 0.383 e. The molecule has 0 aliphatic carbocycles. The first kappa shape index (κ1) is 14.6. The lowest BCUT2D eigenvalue weighted by Gasteiger charge is -2.07. The second-order valence-electron chi connectivity index (χ2n) is 3.71. The minimum Gasteiger partial charge on any atom is -0.317 e. The Morgan fingerprint density at radius 3 is 2.43 bits per heavy atom. The van der Waals surface area contributed by atoms with E-state index in [2.05, 4.69) is 13.8 Å². The van der Waals surface area contributed by atoms with Crippen LogP contribution in [0.15, 0.2) is 0 Å². The molecular weight excluding hydrogens is 217 g/mol. The van der Waals surface area contributed by atoms with Gasteiger partial charge < -0.3 is 9.79 Å². The van der Waals surface area contributed by atoms with Crippen LogP contribution in [0.3, 0.4) is 0 Å². The highest BCUT2D eigenvalue weighted by atomic mass is 32.7. The zero-order valence-electron chi connectivity index (χ0n) is 8.98. The maximum atomic E-state index is 10.5. The van der Waals surface area contributed by atoms with Crippen molar-refractivity contribution in [2.24, 2.45) is 0 Å². The Hall–Kier alpha value is 0.630. The van der Waals surface area contributed by atoms with Crippen LogP contribution in [-0.4, -0.2) is 30.1 Å². The SMILES string of the molecule is CCCB[C@@H](C)BCCSP(=O)(O)O. The first-order valence-corrected chi connectivity index (χ1v) is 8.36. The Morgan fingerprint density at radius 1 is 1.36 bits per heavy atom. The highest BCUT2D eigenvalue weighted by Gasteiger charge is 2.13. The van der Waals surface area contributed by atoms with Crippen molar-refractivity contribution < 1.29 is 14.4 Å². The summed E-state index contributed by atoms with van der Waals surface area (Å²) in [5.74, 6) is 0.570. The summed E-state index contributed by atoms with van der Waals surface area (Å²) >= 11 is 0.766. The van der Waals surface area contributed by atoms with Crippen LogP contribution in [0.5, 0.6) is 0 Å². The lowest BCUT2D eigenvalue weighted by molar-refractivity contribution is 0.397. The topological polar surface area (TPSA) is 57.5 Å². The van der Waals surface area contributed by atoms with Crippen LogP contribution < -0.4 is 0 Å². The van der Waals surface area contributed by atoms with Crippen molar-refractivity contribution in [1.82, 2.24) is 0 Å². The van der Waals surface area contributed by atoms with Crippen LogP contribution in [0.25, 0.3) is 0 Å². The van der Waals surface area contributed by atoms with Crippen LogP contribution >= 0.6 is 18.2 Å². The van der Waals surface area contributed by atoms with Gasteiger partial charge in [0.1, 0.15) is 14.6 Å². The van der Waals surface area contributed by atoms with Crippen LogP contribution in [0.4, 0.5) is 0 Å². The Kier molecular flexibility index (Phi) is 8.22. The Bertz CT molecular complexity index is 188. The van der Waals surface area contributed by atoms with Crippen molar-refractivity contribution in [3.05, 3.63) is 0 Å². The Balaban J connectivity index is 3.31. The summed E-state index contributed by atoms with van der Waals surface area (Å²) in [6.07, 6.45) is 3.38. The summed E-state index contributed by atoms with van der Waals surface area (Å²) in [4.78, 5) is 17.2. The summed E-state index contributed by atoms with van der Waals surface area (Å²) in [6, 6.07) is 0. The van der Waals surface area contributed by atoms with E-state index in [0.29, 0.717) is 11.5 Å². The summed E-state index contributed by atoms with van der Waals surface area (Å²) in [5.41, 5.74) is 0.687. The van der Waals surface area contributed by atoms with Gasteiger partial charge in [0.05, 0.1) is 0 Å². The van der Waals surface area contributed by atoms with Crippen LogP contribution in [0.2, 0.25) is 18.4 Å². The average molecular weight is 236 g/mol. The molecule has 82 valence electrons. The van der Waals surface area contributed by atoms with Crippen molar-refractivity contribution in [1.29, 1.82) is 0 Å². The average Bonchev–Trinajstić information content (AvgIpc) is 2.07. The van der Waals surface area contributed by atoms with Gasteiger partial charge in [-0.2, -0.15) is 0 Å². The van der Waals surface area contributed by atoms with Crippen molar-refractivity contribution in [2.45, 2.75) is 38.6 Å². The minimum absolute atomic E-state index is 0.570. The second kappa shape index (κ2) is 7.86. The van der Waals surface area contributed by atoms with E-state index in [4.69, 9.17) is 9.79 Å². The molecule has 3 nitrogen and oxygen atoms in total. The largest absolute Gasteiger partial charge is 0.383 e. The third-order valence-corrected chi connectivity index (χ3v) is 4.52. The number of rotatable bonds is 8. The van der Waals surface area contributed by atoms with Gasteiger partial charge in [0.25, 0.3) is 0 Å². The Morgan fingerprint density at radius 2 is 1.93 bits per heavy atom. The molecule has 1 atom stereocenters. The smallest absolute Gasteiger partial charge is 0.317 e. The molecule has 0 amide bonds. The lowest BCUT2D eigenvalue weighted by atomic mass is 9.43. The molecule has 0 heterocycles. The molecule has 0 rings (SSSR count). The summed E-state index contributed by atoms with van der Waals surface area (Å²) in [5, 5.41) is 0. The van der Waals surface area contributed by atoms with Crippen molar-refractivity contribution in [3.8, 4) is 0 Å². The van der Waals surface area contributed by atoms with E-state index in [9.17, 15) is 4.57 Å². The molecule has 0 bridgehead atoms. The molecule has 0 aliphatic heterocycles. The fraction of sp³-hybridized carbons (Fsp3) is 1.00. The summed E-state index contributed by atoms with van der Waals surface area (Å²) < 4.78 is 10.5. The third-order valence-electron chi connectivity index (χ3n) is 2.15. The van der Waals surface area contributed by atoms with Crippen LogP contribution in [0, 0.1) is 0 Å². The maximum absolute atomic E-state index is 10.5. The van der Waals surface area contributed by atoms with E-state index in [-0.39, 0.29) is 0 Å². The van der Waals surface area contributed by atoms with Gasteiger partial charge in [0, 0.05) is 0 Å². The monoisotopic (exact) mass is 236 g/mol. The predicted octanol–water partition coefficient (Wildman–Crippen LogP) is 1.70. The highest BCUT2D eigenvalue weighted by molar-refractivity contribution is 8.54. The third kappa shape index (κ3) is 10.7. The fourth-order valence-electron chi connectivity index (χ4n) is 1.31. The number of hydrogen-bond acceptors (Lipinski definition) is 2. The van der Waals surface area contributed by atoms with Gasteiger partial charge in [0.2, 0.25) is 0 Å². The molecule has 0 aromatic carbocycles. The molecule has 0 saturated heterocycles. The molecule has 0 spiro atoms. The molecule has 0 aliphatic rings. The van der Waals surface area contributed by atoms with Gasteiger partial charge in [-0.05, 0) is 17.1 Å². The summed E-state index contributed by atoms with van der Waals surface area (Å²) in [7, 11) is 2.31. The lowest BCUT2D eigenvalue weighted by Crippen LogP contribution is -2.07. The van der Waals surface area contributed by atoms with E-state index >= 15 is 0 Å². The first-order chi connectivity index (χ1) is 6.45. The van der Waals surface area contributed by atoms with E-state index in [0.717, 1.165) is 25.0 Å². The molecule has 0 aromatic heterocycles. The van der Waals surface area contributed by atoms with E-state index < -0.39 is 6.80 Å². The Labute approximate surface area is 91.8 Å². The summed E-state index contributed by atoms with van der Waals surface area (Å²) in [6.45, 7) is 0.553. The fourth-order valence-corrected chi connectivity index (χ4v) is 2.95. The predicted molar refractivity (Wildman–Crippen MR) is 68.1 cm³/mol. The molecule has 14 heavy (non-hydrogen) atoms. The molecule has 0 radical (unpaired) electrons. The standard InChI is InChI=1S/C7H19B2O3PS/c1-3-4-8-7(2)9-5-6-14-13(10,11)12/h7-9H,3-6H2,1-2H3,(H2,10,11,12)/t7-/m1/s1. The molecular formula is C7H19B2O3PS. The molecule has 0 fully saturated rings. The second-order valence-corrected chi connectivity index (χ2v) is 7.56. The molecule has 0 aromatic rings. The zero-order chi connectivity index (χ0) is 11.0. The van der Waals surface area contributed by atoms with Crippen molar-refractivity contribution in [2.75, 3.05) is 5.75 Å².